The number of rotatable bonds is 7. The number of nitrogens with zero attached hydrogens (tertiary/aromatic N) is 2. The van der Waals surface area contributed by atoms with Gasteiger partial charge in [0, 0.05) is 47.0 Å². The van der Waals surface area contributed by atoms with E-state index in [1.807, 2.05) is 0 Å². The molecule has 3 heterocycles. The lowest BCUT2D eigenvalue weighted by Gasteiger charge is -2.13. The number of pyridine rings is 3. The number of methoxy groups -OCH3 is 1. The minimum atomic E-state index is -0.761. The second-order valence-electron chi connectivity index (χ2n) is 9.16. The Hall–Kier alpha value is -5.38. The number of carbonyl (C=O) groups excluding carboxylic acids is 1. The van der Waals surface area contributed by atoms with Crippen molar-refractivity contribution in [2.45, 2.75) is 13.8 Å². The summed E-state index contributed by atoms with van der Waals surface area (Å²) in [4.78, 5) is 37.9. The molecule has 0 spiro atoms. The van der Waals surface area contributed by atoms with Crippen LogP contribution in [0.15, 0.2) is 72.3 Å². The largest absolute Gasteiger partial charge is 0.481 e. The molecule has 0 saturated heterocycles. The zero-order chi connectivity index (χ0) is 29.3. The molecule has 0 unspecified atom stereocenters. The summed E-state index contributed by atoms with van der Waals surface area (Å²) in [5, 5.41) is 2.55. The van der Waals surface area contributed by atoms with Gasteiger partial charge in [-0.1, -0.05) is 18.7 Å². The van der Waals surface area contributed by atoms with Gasteiger partial charge in [-0.2, -0.15) is 0 Å². The van der Waals surface area contributed by atoms with Gasteiger partial charge < -0.3 is 19.8 Å². The van der Waals surface area contributed by atoms with E-state index in [2.05, 4.69) is 26.8 Å². The van der Waals surface area contributed by atoms with E-state index in [-0.39, 0.29) is 28.3 Å². The first-order chi connectivity index (χ1) is 19.7. The quantitative estimate of drug-likeness (QED) is 0.236. The number of ether oxygens (including phenoxy) is 2. The van der Waals surface area contributed by atoms with Gasteiger partial charge in [0.25, 0.3) is 5.91 Å². The smallest absolute Gasteiger partial charge is 0.261 e. The molecule has 0 aliphatic heterocycles. The van der Waals surface area contributed by atoms with E-state index in [1.54, 1.807) is 32.1 Å². The minimum Gasteiger partial charge on any atom is -0.481 e. The molecule has 2 N–H and O–H groups in total. The number of carbonyl (C=O) groups is 1. The highest BCUT2D eigenvalue weighted by Crippen LogP contribution is 2.33. The van der Waals surface area contributed by atoms with E-state index >= 15 is 4.39 Å². The van der Waals surface area contributed by atoms with Crippen molar-refractivity contribution in [3.63, 3.8) is 0 Å². The van der Waals surface area contributed by atoms with Gasteiger partial charge in [0.15, 0.2) is 17.3 Å². The summed E-state index contributed by atoms with van der Waals surface area (Å²) >= 11 is 0. The molecule has 5 aromatic rings. The van der Waals surface area contributed by atoms with Gasteiger partial charge in [-0.15, -0.1) is 0 Å². The first-order valence-corrected chi connectivity index (χ1v) is 12.4. The highest BCUT2D eigenvalue weighted by atomic mass is 19.1. The first kappa shape index (κ1) is 27.2. The maximum Gasteiger partial charge on any atom is 0.261 e. The van der Waals surface area contributed by atoms with Crippen molar-refractivity contribution in [1.82, 2.24) is 15.0 Å². The van der Waals surface area contributed by atoms with Crippen molar-refractivity contribution in [1.29, 1.82) is 0 Å². The van der Waals surface area contributed by atoms with Crippen LogP contribution in [0.1, 0.15) is 27.2 Å². The zero-order valence-electron chi connectivity index (χ0n) is 22.3. The molecule has 0 aliphatic rings. The molecule has 0 bridgehead atoms. The number of hydrogen-bond acceptors (Lipinski definition) is 6. The number of aromatic nitrogens is 3. The monoisotopic (exact) mass is 554 g/mol. The average Bonchev–Trinajstić information content (AvgIpc) is 2.94. The van der Waals surface area contributed by atoms with Crippen molar-refractivity contribution in [2.24, 2.45) is 0 Å². The van der Waals surface area contributed by atoms with Crippen molar-refractivity contribution >= 4 is 28.7 Å². The number of aryl methyl sites for hydroxylation is 2. The third kappa shape index (κ3) is 5.27. The van der Waals surface area contributed by atoms with Crippen LogP contribution < -0.4 is 20.2 Å². The molecule has 5 rings (SSSR count). The Labute approximate surface area is 233 Å². The fourth-order valence-electron chi connectivity index (χ4n) is 4.44. The van der Waals surface area contributed by atoms with Crippen LogP contribution in [0.3, 0.4) is 0 Å². The highest BCUT2D eigenvalue weighted by molar-refractivity contribution is 6.04. The van der Waals surface area contributed by atoms with E-state index in [0.29, 0.717) is 39.3 Å². The number of halogens is 2. The van der Waals surface area contributed by atoms with Crippen molar-refractivity contribution in [3.05, 3.63) is 112 Å². The molecular formula is C31H24F2N4O4. The molecule has 0 radical (unpaired) electrons. The zero-order valence-corrected chi connectivity index (χ0v) is 22.3. The average molecular weight is 555 g/mol. The van der Waals surface area contributed by atoms with Crippen LogP contribution in [-0.4, -0.2) is 28.0 Å². The second-order valence-corrected chi connectivity index (χ2v) is 9.16. The third-order valence-electron chi connectivity index (χ3n) is 6.47. The van der Waals surface area contributed by atoms with Gasteiger partial charge in [0.2, 0.25) is 11.3 Å². The number of benzene rings is 2. The number of H-pyrrole nitrogens is 1. The number of anilines is 1. The lowest BCUT2D eigenvalue weighted by molar-refractivity contribution is 0.102. The molecule has 0 fully saturated rings. The molecule has 1 amide bonds. The van der Waals surface area contributed by atoms with Crippen molar-refractivity contribution < 1.29 is 23.0 Å². The molecule has 8 nitrogen and oxygen atoms in total. The Morgan fingerprint density at radius 1 is 1.07 bits per heavy atom. The standard InChI is InChI=1S/C31H24F2N4O4/c1-5-18-13-24-28(37-31(18)40-4)26(10-11-34-24)41-25-9-7-20(14-23(25)33)36-30(39)22-15-35-17(3)27(29(22)38)21-8-6-19(32)12-16(21)2/h5-15H,1H2,2-4H3,(H,35,38)(H,36,39). The summed E-state index contributed by atoms with van der Waals surface area (Å²) < 4.78 is 39.8. The molecular weight excluding hydrogens is 530 g/mol. The van der Waals surface area contributed by atoms with Crippen LogP contribution >= 0.6 is 0 Å². The Morgan fingerprint density at radius 3 is 2.59 bits per heavy atom. The molecule has 2 aromatic carbocycles. The second kappa shape index (κ2) is 11.0. The molecule has 41 heavy (non-hydrogen) atoms. The number of aromatic amines is 1. The van der Waals surface area contributed by atoms with Crippen LogP contribution in [0.2, 0.25) is 0 Å². The van der Waals surface area contributed by atoms with Gasteiger partial charge in [-0.3, -0.25) is 14.6 Å². The van der Waals surface area contributed by atoms with Gasteiger partial charge in [0.1, 0.15) is 16.9 Å². The summed E-state index contributed by atoms with van der Waals surface area (Å²) in [5.41, 5.74) is 2.70. The molecule has 206 valence electrons. The summed E-state index contributed by atoms with van der Waals surface area (Å²) in [7, 11) is 1.47. The maximum atomic E-state index is 15.1. The Bertz CT molecular complexity index is 1900. The van der Waals surface area contributed by atoms with Gasteiger partial charge in [-0.25, -0.2) is 13.8 Å². The summed E-state index contributed by atoms with van der Waals surface area (Å²) in [6, 6.07) is 11.2. The molecule has 0 aliphatic carbocycles. The molecule has 3 aromatic heterocycles. The van der Waals surface area contributed by atoms with Crippen LogP contribution in [0.25, 0.3) is 28.2 Å². The first-order valence-electron chi connectivity index (χ1n) is 12.4. The number of hydrogen-bond donors (Lipinski definition) is 2. The van der Waals surface area contributed by atoms with E-state index in [0.717, 1.165) is 6.07 Å². The maximum absolute atomic E-state index is 15.1. The predicted octanol–water partition coefficient (Wildman–Crippen LogP) is 6.58. The van der Waals surface area contributed by atoms with Crippen LogP contribution in [0.4, 0.5) is 14.5 Å². The Morgan fingerprint density at radius 2 is 1.88 bits per heavy atom. The number of amides is 1. The van der Waals surface area contributed by atoms with Crippen molar-refractivity contribution in [3.8, 4) is 28.5 Å². The van der Waals surface area contributed by atoms with Gasteiger partial charge >= 0.3 is 0 Å². The van der Waals surface area contributed by atoms with E-state index < -0.39 is 23.0 Å². The fourth-order valence-corrected chi connectivity index (χ4v) is 4.44. The van der Waals surface area contributed by atoms with Crippen molar-refractivity contribution in [2.75, 3.05) is 12.4 Å². The van der Waals surface area contributed by atoms with E-state index in [1.165, 1.54) is 49.8 Å². The lowest BCUT2D eigenvalue weighted by Crippen LogP contribution is -2.24. The van der Waals surface area contributed by atoms with Crippen LogP contribution in [0, 0.1) is 25.5 Å². The third-order valence-corrected chi connectivity index (χ3v) is 6.47. The summed E-state index contributed by atoms with van der Waals surface area (Å²) in [6.45, 7) is 7.10. The molecule has 0 saturated carbocycles. The predicted molar refractivity (Wildman–Crippen MR) is 153 cm³/mol. The Kier molecular flexibility index (Phi) is 7.30. The van der Waals surface area contributed by atoms with Gasteiger partial charge in [-0.05, 0) is 55.3 Å². The lowest BCUT2D eigenvalue weighted by atomic mass is 9.97. The summed E-state index contributed by atoms with van der Waals surface area (Å²) in [5.74, 6) is -1.50. The Balaban J connectivity index is 1.41. The number of nitrogens with one attached hydrogen (secondary N) is 2. The highest BCUT2D eigenvalue weighted by Gasteiger charge is 2.19. The van der Waals surface area contributed by atoms with E-state index in [9.17, 15) is 14.0 Å². The van der Waals surface area contributed by atoms with E-state index in [4.69, 9.17) is 9.47 Å². The fraction of sp³-hybridized carbons (Fsp3) is 0.0968. The minimum absolute atomic E-state index is 0.106. The normalized spacial score (nSPS) is 10.9. The topological polar surface area (TPSA) is 106 Å². The SMILES string of the molecule is C=Cc1cc2nccc(Oc3ccc(NC(=O)c4c[nH]c(C)c(-c5ccc(F)cc5C)c4=O)cc3F)c2nc1OC. The van der Waals surface area contributed by atoms with Crippen LogP contribution in [0.5, 0.6) is 17.4 Å². The number of fused-ring (bicyclic) bond motifs is 1. The molecule has 10 heteroatoms. The van der Waals surface area contributed by atoms with Gasteiger partial charge in [0.05, 0.1) is 12.6 Å². The van der Waals surface area contributed by atoms with Crippen LogP contribution in [-0.2, 0) is 0 Å². The molecule has 0 atom stereocenters. The summed E-state index contributed by atoms with van der Waals surface area (Å²) in [6.07, 6.45) is 4.38.